The Bertz CT molecular complexity index is 845. The van der Waals surface area contributed by atoms with Crippen molar-refractivity contribution in [2.75, 3.05) is 32.8 Å². The van der Waals surface area contributed by atoms with Gasteiger partial charge in [-0.2, -0.15) is 0 Å². The minimum atomic E-state index is -0.624. The van der Waals surface area contributed by atoms with Crippen LogP contribution in [0.2, 0.25) is 5.15 Å². The number of ether oxygens (including phenoxy) is 1. The van der Waals surface area contributed by atoms with Gasteiger partial charge in [-0.25, -0.2) is 4.98 Å². The molecule has 27 heavy (non-hydrogen) atoms. The number of nitrogens with zero attached hydrogens (tertiary/aromatic N) is 3. The molecule has 4 rings (SSSR count). The summed E-state index contributed by atoms with van der Waals surface area (Å²) in [4.78, 5) is 20.7. The van der Waals surface area contributed by atoms with Crippen LogP contribution in [0.15, 0.2) is 36.4 Å². The highest BCUT2D eigenvalue weighted by molar-refractivity contribution is 6.29. The molecule has 0 radical (unpaired) electrons. The largest absolute Gasteiger partial charge is 0.475 e. The second-order valence-electron chi connectivity index (χ2n) is 6.99. The number of benzene rings is 1. The average Bonchev–Trinajstić information content (AvgIpc) is 2.80. The third-order valence-corrected chi connectivity index (χ3v) is 5.26. The van der Waals surface area contributed by atoms with Gasteiger partial charge in [-0.15, -0.1) is 0 Å². The minimum Gasteiger partial charge on any atom is -0.475 e. The van der Waals surface area contributed by atoms with Gasteiger partial charge in [0.15, 0.2) is 0 Å². The van der Waals surface area contributed by atoms with E-state index in [1.807, 2.05) is 6.07 Å². The van der Waals surface area contributed by atoms with Gasteiger partial charge >= 0.3 is 0 Å². The van der Waals surface area contributed by atoms with Crippen molar-refractivity contribution in [2.24, 2.45) is 0 Å². The minimum absolute atomic E-state index is 0.185. The predicted molar refractivity (Wildman–Crippen MR) is 102 cm³/mol. The van der Waals surface area contributed by atoms with Crippen LogP contribution in [-0.4, -0.2) is 64.7 Å². The molecule has 0 fully saturated rings. The van der Waals surface area contributed by atoms with E-state index in [4.69, 9.17) is 16.3 Å². The van der Waals surface area contributed by atoms with Crippen molar-refractivity contribution < 1.29 is 14.6 Å². The lowest BCUT2D eigenvalue weighted by molar-refractivity contribution is 0.0501. The van der Waals surface area contributed by atoms with Gasteiger partial charge in [0.1, 0.15) is 17.3 Å². The Morgan fingerprint density at radius 3 is 2.81 bits per heavy atom. The van der Waals surface area contributed by atoms with Crippen molar-refractivity contribution in [3.63, 3.8) is 0 Å². The number of amides is 1. The third-order valence-electron chi connectivity index (χ3n) is 5.05. The molecule has 1 aromatic heterocycles. The smallest absolute Gasteiger partial charge is 0.259 e. The summed E-state index contributed by atoms with van der Waals surface area (Å²) in [6.45, 7) is 3.28. The van der Waals surface area contributed by atoms with Gasteiger partial charge in [0.05, 0.1) is 12.6 Å². The van der Waals surface area contributed by atoms with E-state index in [-0.39, 0.29) is 18.3 Å². The highest BCUT2D eigenvalue weighted by atomic mass is 35.5. The lowest BCUT2D eigenvalue weighted by Crippen LogP contribution is -2.44. The molecule has 7 heteroatoms. The maximum atomic E-state index is 12.8. The van der Waals surface area contributed by atoms with E-state index < -0.39 is 6.10 Å². The molecule has 142 valence electrons. The number of hydrogen-bond donors (Lipinski definition) is 1. The Kier molecular flexibility index (Phi) is 5.29. The molecular formula is C20H22ClN3O3. The molecule has 3 heterocycles. The Labute approximate surface area is 163 Å². The van der Waals surface area contributed by atoms with E-state index in [0.717, 1.165) is 19.5 Å². The molecule has 0 spiro atoms. The Balaban J connectivity index is 1.39. The summed E-state index contributed by atoms with van der Waals surface area (Å²) < 4.78 is 5.55. The summed E-state index contributed by atoms with van der Waals surface area (Å²) in [7, 11) is 0. The number of halogens is 1. The zero-order valence-electron chi connectivity index (χ0n) is 15.0. The fourth-order valence-corrected chi connectivity index (χ4v) is 3.85. The molecule has 0 unspecified atom stereocenters. The molecule has 6 nitrogen and oxygen atoms in total. The maximum absolute atomic E-state index is 12.8. The van der Waals surface area contributed by atoms with E-state index in [0.29, 0.717) is 30.4 Å². The highest BCUT2D eigenvalue weighted by Gasteiger charge is 2.27. The number of aromatic nitrogens is 1. The van der Waals surface area contributed by atoms with Crippen LogP contribution < -0.4 is 4.74 Å². The van der Waals surface area contributed by atoms with E-state index in [2.05, 4.69) is 28.1 Å². The van der Waals surface area contributed by atoms with Crippen molar-refractivity contribution in [3.05, 3.63) is 58.2 Å². The second kappa shape index (κ2) is 7.84. The van der Waals surface area contributed by atoms with Crippen molar-refractivity contribution in [1.82, 2.24) is 14.8 Å². The van der Waals surface area contributed by atoms with Gasteiger partial charge in [-0.1, -0.05) is 35.9 Å². The molecule has 2 aliphatic heterocycles. The Morgan fingerprint density at radius 1 is 1.15 bits per heavy atom. The number of fused-ring (bicyclic) bond motifs is 2. The van der Waals surface area contributed by atoms with Crippen LogP contribution in [-0.2, 0) is 13.0 Å². The fourth-order valence-electron chi connectivity index (χ4n) is 3.71. The van der Waals surface area contributed by atoms with Gasteiger partial charge in [0.25, 0.3) is 5.91 Å². The van der Waals surface area contributed by atoms with E-state index >= 15 is 0 Å². The van der Waals surface area contributed by atoms with Crippen LogP contribution in [0.1, 0.15) is 21.5 Å². The molecule has 1 atom stereocenters. The lowest BCUT2D eigenvalue weighted by atomic mass is 10.00. The first-order chi connectivity index (χ1) is 13.1. The number of aliphatic hydroxyl groups is 1. The van der Waals surface area contributed by atoms with Crippen LogP contribution >= 0.6 is 11.6 Å². The Hall–Kier alpha value is -2.15. The molecule has 0 saturated heterocycles. The van der Waals surface area contributed by atoms with Gasteiger partial charge in [0.2, 0.25) is 5.88 Å². The van der Waals surface area contributed by atoms with Crippen molar-refractivity contribution >= 4 is 17.5 Å². The van der Waals surface area contributed by atoms with Crippen LogP contribution in [0.3, 0.4) is 0 Å². The van der Waals surface area contributed by atoms with Gasteiger partial charge in [-0.3, -0.25) is 9.69 Å². The van der Waals surface area contributed by atoms with Crippen LogP contribution in [0.5, 0.6) is 5.88 Å². The van der Waals surface area contributed by atoms with Crippen LogP contribution in [0.25, 0.3) is 0 Å². The summed E-state index contributed by atoms with van der Waals surface area (Å²) >= 11 is 5.88. The molecule has 1 N–H and O–H groups in total. The first kappa shape index (κ1) is 18.2. The van der Waals surface area contributed by atoms with Gasteiger partial charge in [0, 0.05) is 26.2 Å². The topological polar surface area (TPSA) is 65.9 Å². The third kappa shape index (κ3) is 4.08. The highest BCUT2D eigenvalue weighted by Crippen LogP contribution is 2.23. The molecule has 0 bridgehead atoms. The van der Waals surface area contributed by atoms with Gasteiger partial charge in [-0.05, 0) is 29.7 Å². The molecule has 2 aromatic rings. The van der Waals surface area contributed by atoms with Crippen molar-refractivity contribution in [3.8, 4) is 5.88 Å². The molecular weight excluding hydrogens is 366 g/mol. The predicted octanol–water partition coefficient (Wildman–Crippen LogP) is 1.99. The van der Waals surface area contributed by atoms with Gasteiger partial charge < -0.3 is 14.7 Å². The summed E-state index contributed by atoms with van der Waals surface area (Å²) in [5.41, 5.74) is 3.08. The number of β-amino-alcohol motifs (C(OH)–C–C–N with tert-alkyl or cyclic N) is 1. The zero-order valence-corrected chi connectivity index (χ0v) is 15.7. The maximum Gasteiger partial charge on any atom is 0.259 e. The lowest BCUT2D eigenvalue weighted by Gasteiger charge is -2.32. The molecule has 2 aliphatic rings. The summed E-state index contributed by atoms with van der Waals surface area (Å²) in [5, 5.41) is 10.9. The average molecular weight is 388 g/mol. The summed E-state index contributed by atoms with van der Waals surface area (Å²) in [5.74, 6) is 0.0758. The monoisotopic (exact) mass is 387 g/mol. The van der Waals surface area contributed by atoms with Crippen molar-refractivity contribution in [1.29, 1.82) is 0 Å². The van der Waals surface area contributed by atoms with E-state index in [1.54, 1.807) is 17.0 Å². The molecule has 1 amide bonds. The molecule has 0 aliphatic carbocycles. The summed E-state index contributed by atoms with van der Waals surface area (Å²) in [6.07, 6.45) is 0.361. The molecule has 1 aromatic carbocycles. The number of hydrogen-bond acceptors (Lipinski definition) is 5. The SMILES string of the molecule is O=C1c2ccc(Cl)nc2OCCN1C[C@H](O)CN1CCc2ccccc2C1. The number of pyridine rings is 1. The number of carbonyl (C=O) groups is 1. The standard InChI is InChI=1S/C20H22ClN3O3/c21-18-6-5-17-19(22-18)27-10-9-24(20(17)26)13-16(25)12-23-8-7-14-3-1-2-4-15(14)11-23/h1-6,16,25H,7-13H2/t16-/m1/s1. The van der Waals surface area contributed by atoms with E-state index in [9.17, 15) is 9.90 Å². The summed E-state index contributed by atoms with van der Waals surface area (Å²) in [6, 6.07) is 11.6. The first-order valence-corrected chi connectivity index (χ1v) is 9.54. The Morgan fingerprint density at radius 2 is 1.96 bits per heavy atom. The van der Waals surface area contributed by atoms with Crippen molar-refractivity contribution in [2.45, 2.75) is 19.1 Å². The first-order valence-electron chi connectivity index (χ1n) is 9.16. The number of rotatable bonds is 4. The number of carbonyl (C=O) groups excluding carboxylic acids is 1. The molecule has 0 saturated carbocycles. The zero-order chi connectivity index (χ0) is 18.8. The quantitative estimate of drug-likeness (QED) is 0.813. The number of aliphatic hydroxyl groups excluding tert-OH is 1. The second-order valence-corrected chi connectivity index (χ2v) is 7.38. The van der Waals surface area contributed by atoms with E-state index in [1.165, 1.54) is 11.1 Å². The normalized spacial score (nSPS) is 18.3. The van der Waals surface area contributed by atoms with Crippen LogP contribution in [0.4, 0.5) is 0 Å². The van der Waals surface area contributed by atoms with Crippen LogP contribution in [0, 0.1) is 0 Å². The fraction of sp³-hybridized carbons (Fsp3) is 0.400.